The lowest BCUT2D eigenvalue weighted by atomic mass is 10.1. The second kappa shape index (κ2) is 33.2. The molecule has 0 unspecified atom stereocenters. The second-order valence-electron chi connectivity index (χ2n) is 19.2. The number of imidazole rings is 2. The molecule has 1 saturated heterocycles. The van der Waals surface area contributed by atoms with Gasteiger partial charge in [-0.1, -0.05) is 36.6 Å². The summed E-state index contributed by atoms with van der Waals surface area (Å²) < 4.78 is 33.7. The number of aromatic amines is 4. The van der Waals surface area contributed by atoms with Gasteiger partial charge in [-0.2, -0.15) is 23.7 Å². The molecule has 8 heterocycles. The second-order valence-corrected chi connectivity index (χ2v) is 20.8. The van der Waals surface area contributed by atoms with E-state index in [0.717, 1.165) is 59.9 Å². The van der Waals surface area contributed by atoms with Crippen LogP contribution < -0.4 is 43.7 Å². The number of nitrogens with one attached hydrogen (secondary N) is 5. The molecule has 1 amide bonds. The number of alkyl halides is 4. The number of carbonyl (C=O) groups excluding carboxylic acids is 1. The van der Waals surface area contributed by atoms with Gasteiger partial charge in [0.1, 0.15) is 29.0 Å². The van der Waals surface area contributed by atoms with E-state index in [1.807, 2.05) is 36.2 Å². The van der Waals surface area contributed by atoms with Gasteiger partial charge in [0.15, 0.2) is 43.7 Å². The highest BCUT2D eigenvalue weighted by Gasteiger charge is 2.59. The number of fused-ring (bicyclic) bond motifs is 3. The maximum Gasteiger partial charge on any atom is 0.351 e. The number of aliphatic hydroxyl groups excluding tert-OH is 2. The first-order valence-corrected chi connectivity index (χ1v) is 28.7. The zero-order chi connectivity index (χ0) is 66.5. The number of halogens is 4. The van der Waals surface area contributed by atoms with Crippen LogP contribution in [0.3, 0.4) is 0 Å². The average Bonchev–Trinajstić information content (AvgIpc) is 1.67. The van der Waals surface area contributed by atoms with Crippen LogP contribution >= 0.6 is 47.6 Å². The van der Waals surface area contributed by atoms with Crippen molar-refractivity contribution in [3.05, 3.63) is 123 Å². The molecule has 0 saturated carbocycles. The number of H-pyrrole nitrogens is 4. The van der Waals surface area contributed by atoms with Crippen molar-refractivity contribution in [1.29, 1.82) is 0 Å². The molecule has 91 heavy (non-hydrogen) atoms. The van der Waals surface area contributed by atoms with Gasteiger partial charge < -0.3 is 88.3 Å². The molecule has 0 aliphatic carbocycles. The Labute approximate surface area is 533 Å². The quantitative estimate of drug-likeness (QED) is 0.0379. The van der Waals surface area contributed by atoms with Crippen molar-refractivity contribution in [1.82, 2.24) is 74.7 Å². The van der Waals surface area contributed by atoms with Crippen molar-refractivity contribution >= 4 is 140 Å². The molecule has 18 N–H and O–H groups in total. The van der Waals surface area contributed by atoms with Gasteiger partial charge in [0.05, 0.1) is 44.0 Å². The van der Waals surface area contributed by atoms with Gasteiger partial charge in [0, 0.05) is 67.9 Å². The number of carboxylic acid groups (broad SMARTS) is 3. The minimum atomic E-state index is -3.71. The van der Waals surface area contributed by atoms with Crippen LogP contribution in [0.4, 0.5) is 43.7 Å². The molecule has 0 spiro atoms. The number of aryl methyl sites for hydroxylation is 1. The van der Waals surface area contributed by atoms with Crippen LogP contribution in [0.1, 0.15) is 53.5 Å². The van der Waals surface area contributed by atoms with Crippen LogP contribution in [0.15, 0.2) is 90.8 Å². The number of hydrogen-bond acceptors (Lipinski definition) is 25. The molecule has 7 aromatic heterocycles. The van der Waals surface area contributed by atoms with E-state index < -0.39 is 66.5 Å². The fourth-order valence-corrected chi connectivity index (χ4v) is 9.16. The molecule has 9 aromatic rings. The standard InChI is InChI=1S/C20H22N8O5.C14H19Cl2NO2.C9H11F2N3O4.C5H5N5S.C5H4N4S/c1-28(9-11-8-23-17-15(24-11)16(21)26-20(22)27-17)12-4-2-10(3-5-12)18(31)25-13(19(32)33)6-7-14(29)30;15-8-10-17(11-9-16)13-6-4-12(5-7-13)2-1-3-14(18)19;10-9(11)6(16)4(3-15)18-7(9)14-2-1-5(12)13-8(14)17;6-5-9-3-2(4(11)10-5)7-1-8-3;10-5-3-4(7-1-6-3)8-2-9-5/h2-5,8,13H,6-7,9H2,1H3,(H,25,31)(H,29,30)(H,32,33)(H4,21,22,23,26,27);4-7H,1-3,8-11H2,(H,18,19);1-2,4,6-7,15-16H,3H2,(H2,12,13,17);1H,(H4,6,7,8,9,10,11);1-2H,(H2,6,7,8,9,10)/t13-;;4-,6-,7-;;/m0.1../s1. The zero-order valence-corrected chi connectivity index (χ0v) is 51.0. The Bertz CT molecular complexity index is 4110. The Balaban J connectivity index is 0.000000194. The number of benzene rings is 2. The number of ether oxygens (including phenoxy) is 1. The topological polar surface area (TPSA) is 502 Å². The van der Waals surface area contributed by atoms with Crippen molar-refractivity contribution in [2.75, 3.05) is 71.2 Å². The molecule has 1 aliphatic rings. The summed E-state index contributed by atoms with van der Waals surface area (Å²) in [6.45, 7) is 1.12. The number of hydrogen-bond donors (Lipinski definition) is 14. The summed E-state index contributed by atoms with van der Waals surface area (Å²) in [5.74, 6) is -6.06. The molecule has 10 rings (SSSR count). The average molecular weight is 1340 g/mol. The van der Waals surface area contributed by atoms with Crippen LogP contribution in [0.25, 0.3) is 33.5 Å². The maximum atomic E-state index is 13.7. The lowest BCUT2D eigenvalue weighted by Crippen LogP contribution is -2.41. The van der Waals surface area contributed by atoms with Crippen LogP contribution in [0, 0.1) is 9.28 Å². The van der Waals surface area contributed by atoms with Crippen LogP contribution in [0.2, 0.25) is 0 Å². The third-order valence-corrected chi connectivity index (χ3v) is 13.8. The van der Waals surface area contributed by atoms with Crippen molar-refractivity contribution in [2.45, 2.75) is 69.0 Å². The van der Waals surface area contributed by atoms with Crippen molar-refractivity contribution < 1.29 is 58.2 Å². The first-order chi connectivity index (χ1) is 43.3. The molecule has 484 valence electrons. The summed E-state index contributed by atoms with van der Waals surface area (Å²) in [6, 6.07) is 14.5. The highest BCUT2D eigenvalue weighted by Crippen LogP contribution is 2.42. The van der Waals surface area contributed by atoms with Crippen LogP contribution in [-0.2, 0) is 32.1 Å². The van der Waals surface area contributed by atoms with Crippen LogP contribution in [-0.4, -0.2) is 181 Å². The molecule has 1 aliphatic heterocycles. The summed E-state index contributed by atoms with van der Waals surface area (Å²) in [6.07, 6.45) is 2.60. The number of carbonyl (C=O) groups is 4. The number of nitrogens with zero attached hydrogens (tertiary/aromatic N) is 12. The number of anilines is 6. The first-order valence-electron chi connectivity index (χ1n) is 26.8. The molecule has 2 aromatic carbocycles. The predicted octanol–water partition coefficient (Wildman–Crippen LogP) is 3.97. The number of amides is 1. The third kappa shape index (κ3) is 19.9. The Kier molecular flexibility index (Phi) is 25.7. The number of carboxylic acids is 3. The van der Waals surface area contributed by atoms with E-state index in [9.17, 15) is 43.0 Å². The zero-order valence-electron chi connectivity index (χ0n) is 47.9. The summed E-state index contributed by atoms with van der Waals surface area (Å²) >= 11 is 21.4. The van der Waals surface area contributed by atoms with E-state index in [2.05, 4.69) is 75.0 Å². The number of aliphatic carboxylic acids is 3. The minimum Gasteiger partial charge on any atom is -0.481 e. The Morgan fingerprint density at radius 2 is 1.43 bits per heavy atom. The third-order valence-electron chi connectivity index (χ3n) is 12.8. The monoisotopic (exact) mass is 1340 g/mol. The number of nitrogens with two attached hydrogens (primary N) is 4. The molecule has 4 atom stereocenters. The molecule has 1 fully saturated rings. The molecular weight excluding hydrogens is 1280 g/mol. The van der Waals surface area contributed by atoms with E-state index in [4.69, 9.17) is 90.6 Å². The van der Waals surface area contributed by atoms with E-state index in [1.165, 1.54) is 24.8 Å². The fourth-order valence-electron chi connectivity index (χ4n) is 8.29. The summed E-state index contributed by atoms with van der Waals surface area (Å²) in [5, 5.41) is 46.9. The van der Waals surface area contributed by atoms with E-state index >= 15 is 0 Å². The Morgan fingerprint density at radius 1 is 0.802 bits per heavy atom. The van der Waals surface area contributed by atoms with Crippen molar-refractivity contribution in [3.8, 4) is 0 Å². The van der Waals surface area contributed by atoms with Gasteiger partial charge in [-0.25, -0.2) is 39.5 Å². The smallest absolute Gasteiger partial charge is 0.351 e. The van der Waals surface area contributed by atoms with E-state index in [0.29, 0.717) is 66.6 Å². The van der Waals surface area contributed by atoms with E-state index in [1.54, 1.807) is 24.7 Å². The molecule has 0 bridgehead atoms. The highest BCUT2D eigenvalue weighted by atomic mass is 35.5. The summed E-state index contributed by atoms with van der Waals surface area (Å²) in [4.78, 5) is 107. The highest BCUT2D eigenvalue weighted by molar-refractivity contribution is 7.71. The number of rotatable bonds is 20. The maximum absolute atomic E-state index is 13.7. The first kappa shape index (κ1) is 70.4. The normalized spacial score (nSPS) is 14.9. The number of aromatic nitrogens is 14. The molecular formula is C53H61Cl2F2N21O11S2. The fraction of sp³-hybridized carbons (Fsp3) is 0.321. The van der Waals surface area contributed by atoms with Gasteiger partial charge in [-0.15, -0.1) is 23.2 Å². The molecule has 32 nitrogen and oxygen atoms in total. The number of nitrogen functional groups attached to an aromatic ring is 4. The van der Waals surface area contributed by atoms with E-state index in [-0.39, 0.29) is 48.4 Å². The lowest BCUT2D eigenvalue weighted by Gasteiger charge is -2.23. The van der Waals surface area contributed by atoms with Gasteiger partial charge in [0.25, 0.3) is 5.91 Å². The Morgan fingerprint density at radius 3 is 2.02 bits per heavy atom. The number of aliphatic hydroxyl groups is 2. The molecule has 0 radical (unpaired) electrons. The molecule has 38 heteroatoms. The minimum absolute atomic E-state index is 0.0138. The Hall–Kier alpha value is -9.72. The lowest BCUT2D eigenvalue weighted by molar-refractivity contribution is -0.141. The summed E-state index contributed by atoms with van der Waals surface area (Å²) in [5.41, 5.74) is 28.4. The van der Waals surface area contributed by atoms with Gasteiger partial charge in [0.2, 0.25) is 18.1 Å². The van der Waals surface area contributed by atoms with Crippen LogP contribution in [0.5, 0.6) is 0 Å². The van der Waals surface area contributed by atoms with Gasteiger partial charge in [-0.3, -0.25) is 19.0 Å². The predicted molar refractivity (Wildman–Crippen MR) is 336 cm³/mol. The van der Waals surface area contributed by atoms with Crippen molar-refractivity contribution in [2.24, 2.45) is 0 Å². The van der Waals surface area contributed by atoms with Gasteiger partial charge >= 0.3 is 29.5 Å². The van der Waals surface area contributed by atoms with Gasteiger partial charge in [-0.05, 0) is 67.3 Å². The SMILES string of the molecule is CN(Cc1cnc2nc(N)nc(N)c2n1)c1ccc(C(=O)N[C@@H](CCC(=O)O)C(=O)O)cc1.Nc1ccn([C@@H]2O[C@H](CO)[C@@H](O)C2(F)F)c(=O)n1.Nc1nc(=S)c2[nH]cnc2[nH]1.O=C(O)CCCc1ccc(N(CCCl)CCCl)cc1.S=c1nc[nH]c2nc[nH]c12. The van der Waals surface area contributed by atoms with Crippen molar-refractivity contribution in [3.63, 3.8) is 0 Å². The largest absolute Gasteiger partial charge is 0.481 e. The summed E-state index contributed by atoms with van der Waals surface area (Å²) in [7, 11) is 1.82.